The molecule has 0 saturated heterocycles. The van der Waals surface area contributed by atoms with Crippen LogP contribution in [0.3, 0.4) is 0 Å². The molecule has 2 aromatic rings. The van der Waals surface area contributed by atoms with Crippen molar-refractivity contribution in [1.29, 1.82) is 0 Å². The molecule has 2 rings (SSSR count). The number of hydrogen-bond donors (Lipinski definition) is 4. The number of nitrogens with one attached hydrogen (secondary N) is 2. The Hall–Kier alpha value is -2.36. The van der Waals surface area contributed by atoms with Gasteiger partial charge in [0.2, 0.25) is 0 Å². The van der Waals surface area contributed by atoms with Gasteiger partial charge in [-0.2, -0.15) is 0 Å². The summed E-state index contributed by atoms with van der Waals surface area (Å²) in [6, 6.07) is 11.7. The molecule has 0 radical (unpaired) electrons. The Labute approximate surface area is 172 Å². The topological polar surface area (TPSA) is 108 Å². The van der Waals surface area contributed by atoms with Gasteiger partial charge in [-0.05, 0) is 42.5 Å². The summed E-state index contributed by atoms with van der Waals surface area (Å²) >= 11 is 6.62. The molecule has 0 aliphatic carbocycles. The van der Waals surface area contributed by atoms with Crippen molar-refractivity contribution in [2.24, 2.45) is 0 Å². The zero-order valence-corrected chi connectivity index (χ0v) is 17.0. The molecule has 0 aliphatic rings. The van der Waals surface area contributed by atoms with Crippen LogP contribution in [0.1, 0.15) is 18.1 Å². The lowest BCUT2D eigenvalue weighted by molar-refractivity contribution is -0.124. The molecule has 7 nitrogen and oxygen atoms in total. The first kappa shape index (κ1) is 20.9. The average molecular weight is 500 g/mol. The normalized spacial score (nSPS) is 11.8. The van der Waals surface area contributed by atoms with E-state index >= 15 is 0 Å². The summed E-state index contributed by atoms with van der Waals surface area (Å²) in [6.45, 7) is 0. The maximum Gasteiger partial charge on any atom is 0.412 e. The van der Waals surface area contributed by atoms with Crippen LogP contribution in [0, 0.1) is 0 Å². The molecule has 0 bridgehead atoms. The first-order valence-corrected chi connectivity index (χ1v) is 9.30. The van der Waals surface area contributed by atoms with E-state index in [0.29, 0.717) is 15.7 Å². The van der Waals surface area contributed by atoms with E-state index in [1.54, 1.807) is 36.4 Å². The Morgan fingerprint density at radius 2 is 1.78 bits per heavy atom. The minimum atomic E-state index is -0.860. The molecule has 27 heavy (non-hydrogen) atoms. The maximum absolute atomic E-state index is 12.2. The van der Waals surface area contributed by atoms with E-state index < -0.39 is 18.1 Å². The van der Waals surface area contributed by atoms with E-state index in [2.05, 4.69) is 37.2 Å². The third-order valence-corrected chi connectivity index (χ3v) is 4.43. The van der Waals surface area contributed by atoms with E-state index in [0.717, 1.165) is 10.5 Å². The van der Waals surface area contributed by atoms with E-state index in [1.165, 1.54) is 17.6 Å². The lowest BCUT2D eigenvalue weighted by Crippen LogP contribution is -2.18. The number of benzene rings is 2. The van der Waals surface area contributed by atoms with Gasteiger partial charge in [-0.15, -0.1) is 0 Å². The van der Waals surface area contributed by atoms with Gasteiger partial charge in [0.15, 0.2) is 0 Å². The second-order valence-corrected chi connectivity index (χ2v) is 7.17. The average Bonchev–Trinajstić information content (AvgIpc) is 2.64. The molecule has 0 heterocycles. The van der Waals surface area contributed by atoms with Gasteiger partial charge in [0.25, 0.3) is 5.91 Å². The molecule has 0 spiro atoms. The smallest absolute Gasteiger partial charge is 0.412 e. The van der Waals surface area contributed by atoms with Gasteiger partial charge in [0, 0.05) is 32.7 Å². The third kappa shape index (κ3) is 6.70. The van der Waals surface area contributed by atoms with Crippen molar-refractivity contribution in [2.45, 2.75) is 12.5 Å². The van der Waals surface area contributed by atoms with Crippen LogP contribution in [-0.2, 0) is 9.53 Å². The summed E-state index contributed by atoms with van der Waals surface area (Å²) in [5, 5.41) is 21.2. The SMILES string of the molecule is O=C(/C=C/C[C@H](OC(=O)Nc1ccc(Br)cc1)c1cc(Br)ccc1O)NO. The van der Waals surface area contributed by atoms with Gasteiger partial charge < -0.3 is 9.84 Å². The second-order valence-electron chi connectivity index (χ2n) is 5.34. The fraction of sp³-hybridized carbons (Fsp3) is 0.111. The maximum atomic E-state index is 12.2. The van der Waals surface area contributed by atoms with Gasteiger partial charge >= 0.3 is 6.09 Å². The first-order valence-electron chi connectivity index (χ1n) is 7.71. The lowest BCUT2D eigenvalue weighted by atomic mass is 10.0. The molecule has 2 aromatic carbocycles. The minimum absolute atomic E-state index is 0.0559. The minimum Gasteiger partial charge on any atom is -0.508 e. The summed E-state index contributed by atoms with van der Waals surface area (Å²) in [5.41, 5.74) is 2.37. The number of rotatable bonds is 6. The molecule has 9 heteroatoms. The molecule has 142 valence electrons. The number of carbonyl (C=O) groups is 2. The zero-order chi connectivity index (χ0) is 19.8. The Morgan fingerprint density at radius 1 is 1.11 bits per heavy atom. The quantitative estimate of drug-likeness (QED) is 0.262. The molecule has 2 amide bonds. The fourth-order valence-corrected chi connectivity index (χ4v) is 2.81. The van der Waals surface area contributed by atoms with Crippen LogP contribution in [0.5, 0.6) is 5.75 Å². The third-order valence-electron chi connectivity index (χ3n) is 3.41. The van der Waals surface area contributed by atoms with E-state index in [-0.39, 0.29) is 12.2 Å². The number of hydrogen-bond acceptors (Lipinski definition) is 5. The molecule has 4 N–H and O–H groups in total. The molecule has 0 fully saturated rings. The molecular formula is C18H16Br2N2O5. The standard InChI is InChI=1S/C18H16Br2N2O5/c19-11-4-7-13(8-5-11)21-18(25)27-16(2-1-3-17(24)22-26)14-10-12(20)6-9-15(14)23/h1,3-10,16,23,26H,2H2,(H,21,25)(H,22,24)/b3-1+/t16-/m0/s1. The molecule has 1 atom stereocenters. The van der Waals surface area contributed by atoms with Crippen LogP contribution >= 0.6 is 31.9 Å². The van der Waals surface area contributed by atoms with Crippen molar-refractivity contribution >= 4 is 49.5 Å². The number of halogens is 2. The van der Waals surface area contributed by atoms with Gasteiger partial charge in [-0.25, -0.2) is 10.3 Å². The molecule has 0 aromatic heterocycles. The number of aromatic hydroxyl groups is 1. The van der Waals surface area contributed by atoms with Crippen molar-refractivity contribution in [3.8, 4) is 5.75 Å². The van der Waals surface area contributed by atoms with Crippen LogP contribution in [0.2, 0.25) is 0 Å². The number of anilines is 1. The number of phenolic OH excluding ortho intramolecular Hbond substituents is 1. The highest BCUT2D eigenvalue weighted by Crippen LogP contribution is 2.32. The Morgan fingerprint density at radius 3 is 2.44 bits per heavy atom. The van der Waals surface area contributed by atoms with Crippen molar-refractivity contribution in [1.82, 2.24) is 5.48 Å². The Balaban J connectivity index is 2.16. The summed E-state index contributed by atoms with van der Waals surface area (Å²) < 4.78 is 6.99. The number of ether oxygens (including phenoxy) is 1. The van der Waals surface area contributed by atoms with Crippen molar-refractivity contribution in [3.05, 3.63) is 69.1 Å². The molecule has 0 unspecified atom stereocenters. The molecule has 0 saturated carbocycles. The van der Waals surface area contributed by atoms with Gasteiger partial charge in [0.05, 0.1) is 0 Å². The van der Waals surface area contributed by atoms with E-state index in [4.69, 9.17) is 9.94 Å². The summed E-state index contributed by atoms with van der Waals surface area (Å²) in [4.78, 5) is 23.4. The summed E-state index contributed by atoms with van der Waals surface area (Å²) in [7, 11) is 0. The van der Waals surface area contributed by atoms with Crippen LogP contribution in [-0.4, -0.2) is 22.3 Å². The molecule has 0 aliphatic heterocycles. The highest BCUT2D eigenvalue weighted by molar-refractivity contribution is 9.10. The monoisotopic (exact) mass is 498 g/mol. The van der Waals surface area contributed by atoms with Crippen LogP contribution < -0.4 is 10.8 Å². The largest absolute Gasteiger partial charge is 0.508 e. The predicted octanol–water partition coefficient (Wildman–Crippen LogP) is 4.66. The second kappa shape index (κ2) is 10.1. The van der Waals surface area contributed by atoms with Crippen molar-refractivity contribution in [3.63, 3.8) is 0 Å². The zero-order valence-electron chi connectivity index (χ0n) is 13.9. The van der Waals surface area contributed by atoms with Crippen LogP contribution in [0.15, 0.2) is 63.6 Å². The number of amides is 2. The predicted molar refractivity (Wildman–Crippen MR) is 106 cm³/mol. The van der Waals surface area contributed by atoms with Gasteiger partial charge in [-0.1, -0.05) is 37.9 Å². The number of hydroxylamine groups is 1. The van der Waals surface area contributed by atoms with Crippen molar-refractivity contribution < 1.29 is 24.6 Å². The number of carbonyl (C=O) groups excluding carboxylic acids is 2. The van der Waals surface area contributed by atoms with Crippen LogP contribution in [0.25, 0.3) is 0 Å². The Kier molecular flexibility index (Phi) is 7.83. The fourth-order valence-electron chi connectivity index (χ4n) is 2.17. The van der Waals surface area contributed by atoms with E-state index in [1.807, 2.05) is 0 Å². The van der Waals surface area contributed by atoms with Gasteiger partial charge in [0.1, 0.15) is 11.9 Å². The summed E-state index contributed by atoms with van der Waals surface area (Å²) in [6.07, 6.45) is 1.04. The Bertz CT molecular complexity index is 840. The van der Waals surface area contributed by atoms with Crippen LogP contribution in [0.4, 0.5) is 10.5 Å². The van der Waals surface area contributed by atoms with Crippen molar-refractivity contribution in [2.75, 3.05) is 5.32 Å². The summed E-state index contributed by atoms with van der Waals surface area (Å²) in [5.74, 6) is -0.772. The highest BCUT2D eigenvalue weighted by atomic mass is 79.9. The first-order chi connectivity index (χ1) is 12.9. The lowest BCUT2D eigenvalue weighted by Gasteiger charge is -2.19. The molecular weight excluding hydrogens is 484 g/mol. The number of phenols is 1. The highest BCUT2D eigenvalue weighted by Gasteiger charge is 2.20. The van der Waals surface area contributed by atoms with E-state index in [9.17, 15) is 14.7 Å². The van der Waals surface area contributed by atoms with Gasteiger partial charge in [-0.3, -0.25) is 15.3 Å².